The van der Waals surface area contributed by atoms with Gasteiger partial charge in [0.1, 0.15) is 0 Å². The first kappa shape index (κ1) is 32.4. The second-order valence-corrected chi connectivity index (χ2v) is 18.2. The van der Waals surface area contributed by atoms with Crippen LogP contribution in [0.3, 0.4) is 0 Å². The predicted octanol–water partition coefficient (Wildman–Crippen LogP) is 13.0. The van der Waals surface area contributed by atoms with Gasteiger partial charge in [0.05, 0.1) is 0 Å². The molecule has 254 valence electrons. The molecule has 4 fully saturated rings. The lowest BCUT2D eigenvalue weighted by molar-refractivity contribution is 0.465. The smallest absolute Gasteiger partial charge is 0.0791 e. The summed E-state index contributed by atoms with van der Waals surface area (Å²) >= 11 is 0. The second kappa shape index (κ2) is 13.6. The molecule has 49 heavy (non-hydrogen) atoms. The van der Waals surface area contributed by atoms with Crippen molar-refractivity contribution in [3.8, 4) is 11.1 Å². The van der Waals surface area contributed by atoms with E-state index in [1.54, 1.807) is 22.1 Å². The van der Waals surface area contributed by atoms with Gasteiger partial charge >= 0.3 is 0 Å². The summed E-state index contributed by atoms with van der Waals surface area (Å²) in [7, 11) is 0. The molecule has 0 heterocycles. The fourth-order valence-electron chi connectivity index (χ4n) is 12.7. The van der Waals surface area contributed by atoms with E-state index in [9.17, 15) is 0 Å². The average Bonchev–Trinajstić information content (AvgIpc) is 3.16. The van der Waals surface area contributed by atoms with Gasteiger partial charge in [-0.05, 0) is 49.9 Å². The molecule has 2 heteroatoms. The Balaban J connectivity index is 1.16. The molecule has 0 amide bonds. The highest BCUT2D eigenvalue weighted by Gasteiger charge is 2.40. The number of hydrogen-bond donors (Lipinski definition) is 0. The van der Waals surface area contributed by atoms with Crippen molar-refractivity contribution in [2.24, 2.45) is 0 Å². The van der Waals surface area contributed by atoms with E-state index in [0.717, 1.165) is 36.7 Å². The minimum absolute atomic E-state index is 0.0143. The van der Waals surface area contributed by atoms with Gasteiger partial charge in [-0.1, -0.05) is 231 Å². The molecule has 0 N–H and O–H groups in total. The molecule has 4 saturated carbocycles. The minimum atomic E-state index is -0.0143. The van der Waals surface area contributed by atoms with E-state index in [4.69, 9.17) is 0 Å². The van der Waals surface area contributed by atoms with Crippen molar-refractivity contribution in [1.29, 1.82) is 0 Å². The lowest BCUT2D eigenvalue weighted by Crippen LogP contribution is -2.42. The molecule has 4 aromatic carbocycles. The molecular formula is C47H60B2. The molecule has 0 bridgehead atoms. The minimum Gasteiger partial charge on any atom is -0.0791 e. The van der Waals surface area contributed by atoms with E-state index in [-0.39, 0.29) is 5.41 Å². The van der Waals surface area contributed by atoms with Crippen molar-refractivity contribution in [3.05, 3.63) is 71.8 Å². The Morgan fingerprint density at radius 1 is 0.449 bits per heavy atom. The number of rotatable bonds is 6. The van der Waals surface area contributed by atoms with Crippen LogP contribution in [0.2, 0.25) is 23.3 Å². The molecule has 0 spiro atoms. The van der Waals surface area contributed by atoms with Crippen LogP contribution in [0.25, 0.3) is 32.7 Å². The molecule has 0 saturated heterocycles. The summed E-state index contributed by atoms with van der Waals surface area (Å²) in [5.74, 6) is 3.50. The third-order valence-electron chi connectivity index (χ3n) is 15.1. The summed E-state index contributed by atoms with van der Waals surface area (Å²) in [5.41, 5.74) is 9.41. The molecule has 5 aliphatic rings. The van der Waals surface area contributed by atoms with Gasteiger partial charge in [-0.3, -0.25) is 0 Å². The highest BCUT2D eigenvalue weighted by Crippen LogP contribution is 2.51. The Morgan fingerprint density at radius 2 is 0.939 bits per heavy atom. The Hall–Kier alpha value is -2.47. The molecule has 0 aliphatic heterocycles. The van der Waals surface area contributed by atoms with Gasteiger partial charge in [-0.2, -0.15) is 0 Å². The largest absolute Gasteiger partial charge is 0.182 e. The van der Waals surface area contributed by atoms with E-state index >= 15 is 0 Å². The van der Waals surface area contributed by atoms with Crippen LogP contribution in [-0.4, -0.2) is 13.4 Å². The monoisotopic (exact) mass is 646 g/mol. The third-order valence-corrected chi connectivity index (χ3v) is 15.1. The second-order valence-electron chi connectivity index (χ2n) is 18.2. The zero-order chi connectivity index (χ0) is 33.0. The fourth-order valence-corrected chi connectivity index (χ4v) is 12.7. The van der Waals surface area contributed by atoms with Crippen LogP contribution in [0.1, 0.15) is 153 Å². The lowest BCUT2D eigenvalue weighted by Gasteiger charge is -2.39. The maximum absolute atomic E-state index is 2.73. The van der Waals surface area contributed by atoms with E-state index < -0.39 is 0 Å². The molecule has 0 unspecified atom stereocenters. The summed E-state index contributed by atoms with van der Waals surface area (Å²) in [6, 6.07) is 25.6. The van der Waals surface area contributed by atoms with Crippen LogP contribution < -0.4 is 10.9 Å². The highest BCUT2D eigenvalue weighted by atomic mass is 14.4. The molecule has 5 aliphatic carbocycles. The van der Waals surface area contributed by atoms with Gasteiger partial charge < -0.3 is 0 Å². The Labute approximate surface area is 298 Å². The number of hydrogen-bond acceptors (Lipinski definition) is 0. The van der Waals surface area contributed by atoms with Gasteiger partial charge in [-0.15, -0.1) is 0 Å². The first-order valence-corrected chi connectivity index (χ1v) is 21.2. The lowest BCUT2D eigenvalue weighted by atomic mass is 9.27. The molecule has 0 aromatic heterocycles. The van der Waals surface area contributed by atoms with Gasteiger partial charge in [0.2, 0.25) is 0 Å². The average molecular weight is 647 g/mol. The first-order valence-electron chi connectivity index (χ1n) is 21.2. The summed E-state index contributed by atoms with van der Waals surface area (Å²) in [6.07, 6.45) is 28.9. The van der Waals surface area contributed by atoms with Crippen molar-refractivity contribution in [2.45, 2.75) is 171 Å². The van der Waals surface area contributed by atoms with Crippen LogP contribution in [0.4, 0.5) is 0 Å². The standard InChI is InChI=1S/C47H60B2/c1-47(2)44-25-15-24-41-42-31-38(48(34-16-7-3-8-17-34)35-18-9-4-10-19-35)27-26-33(42)30-43(46(41)44)40-29-28-39(32-45(40)47)49(36-20-11-5-12-21-36)37-22-13-6-14-23-37/h15,24-32,34-37H,3-14,16-23H2,1-2H3. The van der Waals surface area contributed by atoms with Gasteiger partial charge in [0.15, 0.2) is 13.4 Å². The zero-order valence-corrected chi connectivity index (χ0v) is 30.9. The molecule has 0 radical (unpaired) electrons. The Morgan fingerprint density at radius 3 is 1.47 bits per heavy atom. The molecule has 9 rings (SSSR count). The van der Waals surface area contributed by atoms with E-state index in [2.05, 4.69) is 74.5 Å². The molecule has 4 aromatic rings. The first-order chi connectivity index (χ1) is 24.1. The normalized spacial score (nSPS) is 22.3. The van der Waals surface area contributed by atoms with Crippen molar-refractivity contribution in [2.75, 3.05) is 0 Å². The number of benzene rings is 4. The van der Waals surface area contributed by atoms with E-state index in [0.29, 0.717) is 0 Å². The predicted molar refractivity (Wildman–Crippen MR) is 217 cm³/mol. The third kappa shape index (κ3) is 5.84. The van der Waals surface area contributed by atoms with Crippen LogP contribution in [0.15, 0.2) is 60.7 Å². The maximum Gasteiger partial charge on any atom is 0.182 e. The van der Waals surface area contributed by atoms with Gasteiger partial charge in [0.25, 0.3) is 0 Å². The van der Waals surface area contributed by atoms with Crippen LogP contribution in [-0.2, 0) is 5.41 Å². The summed E-state index contributed by atoms with van der Waals surface area (Å²) in [4.78, 5) is 0. The number of fused-ring (bicyclic) bond motifs is 4. The Bertz CT molecular complexity index is 1760. The van der Waals surface area contributed by atoms with Crippen LogP contribution in [0.5, 0.6) is 0 Å². The quantitative estimate of drug-likeness (QED) is 0.144. The van der Waals surface area contributed by atoms with E-state index in [1.807, 2.05) is 0 Å². The van der Waals surface area contributed by atoms with Crippen LogP contribution in [0, 0.1) is 0 Å². The SMILES string of the molecule is CC1(C)c2cc(B(C3CCCCC3)C3CCCCC3)ccc2-c2cc3ccc(B(C4CCCCC4)C4CCCCC4)cc3c3cccc1c23. The van der Waals surface area contributed by atoms with E-state index in [1.165, 1.54) is 161 Å². The summed E-state index contributed by atoms with van der Waals surface area (Å²) < 4.78 is 0. The maximum atomic E-state index is 2.73. The highest BCUT2D eigenvalue weighted by molar-refractivity contribution is 6.76. The fraction of sp³-hybridized carbons (Fsp3) is 0.574. The van der Waals surface area contributed by atoms with Crippen molar-refractivity contribution < 1.29 is 0 Å². The van der Waals surface area contributed by atoms with Crippen molar-refractivity contribution in [3.63, 3.8) is 0 Å². The van der Waals surface area contributed by atoms with Gasteiger partial charge in [0, 0.05) is 5.41 Å². The topological polar surface area (TPSA) is 0 Å². The molecule has 0 nitrogen and oxygen atoms in total. The van der Waals surface area contributed by atoms with Crippen molar-refractivity contribution in [1.82, 2.24) is 0 Å². The summed E-state index contributed by atoms with van der Waals surface area (Å²) in [6.45, 7) is 6.56. The molecule has 0 atom stereocenters. The van der Waals surface area contributed by atoms with Gasteiger partial charge in [-0.25, -0.2) is 0 Å². The summed E-state index contributed by atoms with van der Waals surface area (Å²) in [5, 5.41) is 5.95. The van der Waals surface area contributed by atoms with Crippen LogP contribution >= 0.6 is 0 Å². The zero-order valence-electron chi connectivity index (χ0n) is 30.9. The van der Waals surface area contributed by atoms with Crippen molar-refractivity contribution >= 4 is 45.9 Å². The molecular weight excluding hydrogens is 586 g/mol. The Kier molecular flexibility index (Phi) is 8.99.